The Morgan fingerprint density at radius 1 is 1.56 bits per heavy atom. The molecule has 0 radical (unpaired) electrons. The van der Waals surface area contributed by atoms with Gasteiger partial charge < -0.3 is 15.3 Å². The number of hydrogen-bond donors (Lipinski definition) is 2. The van der Waals surface area contributed by atoms with Crippen molar-refractivity contribution in [3.8, 4) is 0 Å². The highest BCUT2D eigenvalue weighted by Crippen LogP contribution is 2.39. The van der Waals surface area contributed by atoms with Gasteiger partial charge in [-0.1, -0.05) is 11.2 Å². The Bertz CT molecular complexity index is 759. The van der Waals surface area contributed by atoms with Gasteiger partial charge in [0.2, 0.25) is 5.91 Å². The number of fused-ring (bicyclic) bond motifs is 1. The van der Waals surface area contributed by atoms with Gasteiger partial charge in [-0.05, 0) is 11.4 Å². The Balaban J connectivity index is 1.72. The van der Waals surface area contributed by atoms with E-state index in [-0.39, 0.29) is 18.0 Å². The van der Waals surface area contributed by atoms with E-state index in [9.17, 15) is 19.5 Å². The van der Waals surface area contributed by atoms with Gasteiger partial charge in [0.25, 0.3) is 5.91 Å². The Labute approximate surface area is 151 Å². The zero-order chi connectivity index (χ0) is 18.0. The van der Waals surface area contributed by atoms with E-state index < -0.39 is 23.3 Å². The molecule has 1 aromatic rings. The molecular weight excluding hydrogens is 366 g/mol. The molecule has 2 amide bonds. The molecule has 132 valence electrons. The molecule has 0 saturated carbocycles. The van der Waals surface area contributed by atoms with Crippen molar-refractivity contribution in [3.05, 3.63) is 33.7 Å². The number of thiophene rings is 1. The highest BCUT2D eigenvalue weighted by Gasteiger charge is 2.54. The Morgan fingerprint density at radius 3 is 3.00 bits per heavy atom. The van der Waals surface area contributed by atoms with Gasteiger partial charge in [0.1, 0.15) is 24.2 Å². The Kier molecular flexibility index (Phi) is 5.09. The average Bonchev–Trinajstić information content (AvgIpc) is 3.09. The smallest absolute Gasteiger partial charge is 0.353 e. The van der Waals surface area contributed by atoms with E-state index in [1.165, 1.54) is 41.3 Å². The van der Waals surface area contributed by atoms with Crippen molar-refractivity contribution in [2.45, 2.75) is 17.8 Å². The lowest BCUT2D eigenvalue weighted by molar-refractivity contribution is -0.150. The highest BCUT2D eigenvalue weighted by atomic mass is 32.2. The molecule has 0 bridgehead atoms. The molecule has 2 N–H and O–H groups in total. The Hall–Kier alpha value is -2.33. The van der Waals surface area contributed by atoms with E-state index in [1.807, 2.05) is 17.5 Å². The van der Waals surface area contributed by atoms with Gasteiger partial charge >= 0.3 is 5.97 Å². The monoisotopic (exact) mass is 381 g/mol. The third kappa shape index (κ3) is 3.40. The van der Waals surface area contributed by atoms with Crippen LogP contribution in [0.4, 0.5) is 0 Å². The number of nitrogens with zero attached hydrogens (tertiary/aromatic N) is 2. The summed E-state index contributed by atoms with van der Waals surface area (Å²) < 4.78 is 0. The standard InChI is InChI=1S/C15H15N3O5S2/c1-23-16-6-8-7-25-14-11(13(20)18(14)12(8)15(21)22)17-10(19)5-9-3-2-4-24-9/h2-4,6,11,14H,5,7H2,1H3,(H,17,19)(H,21,22)/t11?,14-/m1/s1. The van der Waals surface area contributed by atoms with Crippen LogP contribution in [0.5, 0.6) is 0 Å². The van der Waals surface area contributed by atoms with Gasteiger partial charge in [0.05, 0.1) is 12.6 Å². The summed E-state index contributed by atoms with van der Waals surface area (Å²) in [6.07, 6.45) is 1.49. The number of β-lactam (4-membered cyclic amide) rings is 1. The zero-order valence-electron chi connectivity index (χ0n) is 13.2. The molecule has 2 aliphatic heterocycles. The minimum atomic E-state index is -1.21. The molecule has 3 rings (SSSR count). The second-order valence-electron chi connectivity index (χ2n) is 5.31. The molecule has 0 spiro atoms. The predicted molar refractivity (Wildman–Crippen MR) is 93.2 cm³/mol. The van der Waals surface area contributed by atoms with E-state index in [0.29, 0.717) is 11.3 Å². The van der Waals surface area contributed by atoms with Crippen molar-refractivity contribution in [3.63, 3.8) is 0 Å². The number of nitrogens with one attached hydrogen (secondary N) is 1. The first-order valence-electron chi connectivity index (χ1n) is 7.32. The third-order valence-electron chi connectivity index (χ3n) is 3.75. The molecule has 1 saturated heterocycles. The molecule has 3 heterocycles. The normalized spacial score (nSPS) is 22.6. The first-order chi connectivity index (χ1) is 12.0. The Morgan fingerprint density at radius 2 is 2.36 bits per heavy atom. The first-order valence-corrected chi connectivity index (χ1v) is 9.25. The topological polar surface area (TPSA) is 108 Å². The second kappa shape index (κ2) is 7.28. The third-order valence-corrected chi connectivity index (χ3v) is 5.92. The van der Waals surface area contributed by atoms with Gasteiger partial charge in [-0.25, -0.2) is 4.79 Å². The number of thioether (sulfide) groups is 1. The fraction of sp³-hybridized carbons (Fsp3) is 0.333. The summed E-state index contributed by atoms with van der Waals surface area (Å²) in [5.41, 5.74) is 0.283. The van der Waals surface area contributed by atoms with Crippen molar-refractivity contribution in [2.24, 2.45) is 5.16 Å². The minimum Gasteiger partial charge on any atom is -0.477 e. The number of rotatable bonds is 6. The summed E-state index contributed by atoms with van der Waals surface area (Å²) in [6.45, 7) is 0. The molecule has 1 fully saturated rings. The van der Waals surface area contributed by atoms with E-state index in [0.717, 1.165) is 4.88 Å². The zero-order valence-corrected chi connectivity index (χ0v) is 14.8. The van der Waals surface area contributed by atoms with E-state index in [4.69, 9.17) is 0 Å². The van der Waals surface area contributed by atoms with Gasteiger partial charge in [0.15, 0.2) is 0 Å². The fourth-order valence-corrected chi connectivity index (χ4v) is 4.65. The van der Waals surface area contributed by atoms with Crippen LogP contribution in [0.3, 0.4) is 0 Å². The average molecular weight is 381 g/mol. The summed E-state index contributed by atoms with van der Waals surface area (Å²) in [6, 6.07) is 2.99. The van der Waals surface area contributed by atoms with Crippen LogP contribution in [0, 0.1) is 0 Å². The van der Waals surface area contributed by atoms with Crippen molar-refractivity contribution in [1.29, 1.82) is 0 Å². The van der Waals surface area contributed by atoms with E-state index in [1.54, 1.807) is 0 Å². The van der Waals surface area contributed by atoms with Gasteiger partial charge in [0, 0.05) is 16.2 Å². The van der Waals surface area contributed by atoms with Gasteiger partial charge in [-0.15, -0.1) is 23.1 Å². The van der Waals surface area contributed by atoms with Crippen LogP contribution in [0.2, 0.25) is 0 Å². The number of aliphatic carboxylic acids is 1. The highest BCUT2D eigenvalue weighted by molar-refractivity contribution is 8.00. The molecule has 1 aromatic heterocycles. The van der Waals surface area contributed by atoms with Crippen molar-refractivity contribution >= 4 is 47.1 Å². The summed E-state index contributed by atoms with van der Waals surface area (Å²) in [5.74, 6) is -1.54. The second-order valence-corrected chi connectivity index (χ2v) is 7.44. The van der Waals surface area contributed by atoms with Gasteiger partial charge in [-0.2, -0.15) is 0 Å². The maximum absolute atomic E-state index is 12.4. The number of carbonyl (C=O) groups excluding carboxylic acids is 2. The largest absolute Gasteiger partial charge is 0.477 e. The molecule has 8 nitrogen and oxygen atoms in total. The molecule has 2 atom stereocenters. The summed E-state index contributed by atoms with van der Waals surface area (Å²) in [5, 5.41) is 17.2. The quantitative estimate of drug-likeness (QED) is 0.426. The van der Waals surface area contributed by atoms with Crippen LogP contribution in [0.1, 0.15) is 4.88 Å². The van der Waals surface area contributed by atoms with Crippen molar-refractivity contribution in [2.75, 3.05) is 12.9 Å². The molecule has 25 heavy (non-hydrogen) atoms. The van der Waals surface area contributed by atoms with Crippen LogP contribution in [-0.4, -0.2) is 58.3 Å². The van der Waals surface area contributed by atoms with Crippen LogP contribution in [0.15, 0.2) is 33.9 Å². The molecule has 10 heteroatoms. The number of carboxylic acids is 1. The number of carboxylic acid groups (broad SMARTS) is 1. The van der Waals surface area contributed by atoms with Crippen molar-refractivity contribution < 1.29 is 24.3 Å². The predicted octanol–water partition coefficient (Wildman–Crippen LogP) is 0.661. The lowest BCUT2D eigenvalue weighted by atomic mass is 10.0. The fourth-order valence-electron chi connectivity index (χ4n) is 2.65. The van der Waals surface area contributed by atoms with Gasteiger partial charge in [-0.3, -0.25) is 14.5 Å². The summed E-state index contributed by atoms with van der Waals surface area (Å²) in [7, 11) is 1.35. The van der Waals surface area contributed by atoms with Crippen LogP contribution < -0.4 is 5.32 Å². The van der Waals surface area contributed by atoms with E-state index in [2.05, 4.69) is 15.3 Å². The SMILES string of the molecule is CON=CC1=C(C(=O)O)N2C(=O)C(NC(=O)Cc3cccs3)[C@H]2SC1. The molecule has 1 unspecified atom stereocenters. The van der Waals surface area contributed by atoms with E-state index >= 15 is 0 Å². The molecule has 0 aromatic carbocycles. The number of oxime groups is 1. The maximum Gasteiger partial charge on any atom is 0.353 e. The number of amides is 2. The molecule has 0 aliphatic carbocycles. The lowest BCUT2D eigenvalue weighted by Crippen LogP contribution is -2.70. The van der Waals surface area contributed by atoms with Crippen LogP contribution in [0.25, 0.3) is 0 Å². The van der Waals surface area contributed by atoms with Crippen LogP contribution in [-0.2, 0) is 25.6 Å². The molecular formula is C15H15N3O5S2. The first kappa shape index (κ1) is 17.5. The summed E-state index contributed by atoms with van der Waals surface area (Å²) >= 11 is 2.85. The van der Waals surface area contributed by atoms with Crippen molar-refractivity contribution in [1.82, 2.24) is 10.2 Å². The maximum atomic E-state index is 12.4. The lowest BCUT2D eigenvalue weighted by Gasteiger charge is -2.49. The molecule has 2 aliphatic rings. The number of hydrogen-bond acceptors (Lipinski definition) is 7. The summed E-state index contributed by atoms with van der Waals surface area (Å²) in [4.78, 5) is 42.7. The number of carbonyl (C=O) groups is 3. The minimum absolute atomic E-state index is 0.113. The van der Waals surface area contributed by atoms with Crippen LogP contribution >= 0.6 is 23.1 Å².